The van der Waals surface area contributed by atoms with E-state index >= 15 is 0 Å². The van der Waals surface area contributed by atoms with Gasteiger partial charge in [-0.25, -0.2) is 0 Å². The topological polar surface area (TPSA) is 86.8 Å². The molecule has 1 N–H and O–H groups in total. The lowest BCUT2D eigenvalue weighted by Gasteiger charge is -2.51. The van der Waals surface area contributed by atoms with Gasteiger partial charge in [0.15, 0.2) is 0 Å². The third kappa shape index (κ3) is 4.13. The van der Waals surface area contributed by atoms with Crippen molar-refractivity contribution < 1.29 is 28.0 Å². The molecule has 182 valence electrons. The van der Waals surface area contributed by atoms with Crippen molar-refractivity contribution in [2.75, 3.05) is 0 Å². The number of halogens is 3. The maximum absolute atomic E-state index is 14.8. The van der Waals surface area contributed by atoms with Gasteiger partial charge in [0, 0.05) is 35.7 Å². The second-order valence-electron chi connectivity index (χ2n) is 10.1. The number of carbonyl (C=O) groups excluding carboxylic acids is 4. The van der Waals surface area contributed by atoms with Crippen molar-refractivity contribution in [3.05, 3.63) is 69.7 Å². The average molecular weight is 509 g/mol. The van der Waals surface area contributed by atoms with Crippen LogP contribution in [0.3, 0.4) is 0 Å². The molecule has 0 spiro atoms. The molecule has 4 amide bonds. The predicted octanol–water partition coefficient (Wildman–Crippen LogP) is -1.28. The molecule has 0 saturated carbocycles. The molecule has 2 aromatic carbocycles. The molecule has 2 aliphatic heterocycles. The van der Waals surface area contributed by atoms with Crippen LogP contribution < -0.4 is 5.32 Å². The Labute approximate surface area is 215 Å². The van der Waals surface area contributed by atoms with Gasteiger partial charge in [0.2, 0.25) is 19.8 Å². The van der Waals surface area contributed by atoms with E-state index in [1.807, 2.05) is 0 Å². The zero-order chi connectivity index (χ0) is 26.6. The van der Waals surface area contributed by atoms with Crippen molar-refractivity contribution in [3.63, 3.8) is 0 Å². The number of benzene rings is 2. The summed E-state index contributed by atoms with van der Waals surface area (Å²) in [7, 11) is 6.47. The largest absolute Gasteiger partial charge is 0.384 e. The molecular weight excluding hydrogens is 487 g/mol. The van der Waals surface area contributed by atoms with E-state index in [2.05, 4.69) is 5.32 Å². The molecule has 7 nitrogen and oxygen atoms in total. The fourth-order valence-corrected chi connectivity index (χ4v) is 4.99. The van der Waals surface area contributed by atoms with Crippen LogP contribution in [-0.4, -0.2) is 70.3 Å². The molecular formula is C22H22B4ClF2N3O4. The number of nitrogens with one attached hydrogen (secondary N) is 1. The lowest BCUT2D eigenvalue weighted by molar-refractivity contribution is -0.154. The van der Waals surface area contributed by atoms with Crippen LogP contribution >= 0.6 is 11.6 Å². The summed E-state index contributed by atoms with van der Waals surface area (Å²) in [6, 6.07) is 9.67. The highest BCUT2D eigenvalue weighted by molar-refractivity contribution is 6.52. The summed E-state index contributed by atoms with van der Waals surface area (Å²) in [5.74, 6) is -6.40. The van der Waals surface area contributed by atoms with Gasteiger partial charge in [-0.2, -0.15) is 8.78 Å². The highest BCUT2D eigenvalue weighted by atomic mass is 35.5. The smallest absolute Gasteiger partial charge is 0.348 e. The minimum atomic E-state index is -3.74. The molecule has 0 radical (unpaired) electrons. The lowest BCUT2D eigenvalue weighted by Crippen LogP contribution is -2.70. The average Bonchev–Trinajstić information content (AvgIpc) is 3.12. The summed E-state index contributed by atoms with van der Waals surface area (Å²) in [4.78, 5) is 53.1. The van der Waals surface area contributed by atoms with Crippen LogP contribution in [0.4, 0.5) is 8.78 Å². The molecule has 2 aliphatic rings. The highest BCUT2D eigenvalue weighted by Crippen LogP contribution is 2.44. The van der Waals surface area contributed by atoms with Crippen molar-refractivity contribution in [1.82, 2.24) is 15.0 Å². The van der Waals surface area contributed by atoms with E-state index in [1.54, 1.807) is 41.7 Å². The summed E-state index contributed by atoms with van der Waals surface area (Å²) in [5, 5.41) is 1.81. The quantitative estimate of drug-likeness (QED) is 0.403. The van der Waals surface area contributed by atoms with E-state index < -0.39 is 39.9 Å². The number of rotatable bonds is 5. The maximum Gasteiger partial charge on any atom is 0.348 e. The Kier molecular flexibility index (Phi) is 6.35. The van der Waals surface area contributed by atoms with E-state index in [0.29, 0.717) is 16.7 Å². The lowest BCUT2D eigenvalue weighted by atomic mass is 9.36. The minimum Gasteiger partial charge on any atom is -0.384 e. The number of piperidine rings is 1. The molecule has 1 saturated heterocycles. The number of amides is 4. The summed E-state index contributed by atoms with van der Waals surface area (Å²) in [5.41, 5.74) is -0.173. The Morgan fingerprint density at radius 1 is 1.11 bits per heavy atom. The van der Waals surface area contributed by atoms with Gasteiger partial charge in [-0.3, -0.25) is 24.5 Å². The number of nitrogens with zero attached hydrogens (tertiary/aromatic N) is 2. The fourth-order valence-electron chi connectivity index (χ4n) is 4.86. The first-order chi connectivity index (χ1) is 16.7. The number of carbonyl (C=O) groups is 4. The summed E-state index contributed by atoms with van der Waals surface area (Å²) in [6.45, 7) is 0.00335. The summed E-state index contributed by atoms with van der Waals surface area (Å²) in [6.07, 6.45) is 0.0787. The third-order valence-corrected chi connectivity index (χ3v) is 7.62. The van der Waals surface area contributed by atoms with Gasteiger partial charge in [0.1, 0.15) is 23.5 Å². The van der Waals surface area contributed by atoms with Crippen LogP contribution in [0.25, 0.3) is 0 Å². The van der Waals surface area contributed by atoms with Crippen LogP contribution in [0, 0.1) is 0 Å². The molecule has 1 fully saturated rings. The zero-order valence-corrected chi connectivity index (χ0v) is 21.1. The van der Waals surface area contributed by atoms with Crippen LogP contribution in [-0.2, 0) is 33.4 Å². The Morgan fingerprint density at radius 3 is 2.36 bits per heavy atom. The molecule has 2 aromatic rings. The van der Waals surface area contributed by atoms with Gasteiger partial charge in [-0.05, 0) is 29.3 Å². The summed E-state index contributed by atoms with van der Waals surface area (Å²) >= 11 is 5.76. The molecule has 1 atom stereocenters. The van der Waals surface area contributed by atoms with Crippen LogP contribution in [0.5, 0.6) is 0 Å². The van der Waals surface area contributed by atoms with Crippen molar-refractivity contribution in [2.24, 2.45) is 0 Å². The minimum absolute atomic E-state index is 0.0787. The second-order valence-corrected chi connectivity index (χ2v) is 10.6. The number of hydrogen-bond acceptors (Lipinski definition) is 4. The SMILES string of the molecule is BN(Cc1ccc2c(c1)CN([C@]1(B)C(=O)NC(=O)CC1(B)B)C2=O)C(=O)C(F)(F)c1ccc(Cl)cc1. The van der Waals surface area contributed by atoms with E-state index in [4.69, 9.17) is 11.6 Å². The number of hydrogen-bond donors (Lipinski definition) is 1. The van der Waals surface area contributed by atoms with E-state index in [9.17, 15) is 28.0 Å². The van der Waals surface area contributed by atoms with E-state index in [-0.39, 0.29) is 30.4 Å². The van der Waals surface area contributed by atoms with Crippen molar-refractivity contribution >= 4 is 66.7 Å². The van der Waals surface area contributed by atoms with Gasteiger partial charge < -0.3 is 9.71 Å². The molecule has 4 rings (SSSR count). The Hall–Kier alpha value is -3.07. The number of alkyl halides is 2. The molecule has 0 bridgehead atoms. The maximum atomic E-state index is 14.8. The molecule has 0 aliphatic carbocycles. The van der Waals surface area contributed by atoms with Crippen LogP contribution in [0.1, 0.15) is 33.5 Å². The van der Waals surface area contributed by atoms with Crippen molar-refractivity contribution in [2.45, 2.75) is 36.1 Å². The zero-order valence-electron chi connectivity index (χ0n) is 20.3. The van der Waals surface area contributed by atoms with Gasteiger partial charge in [0.05, 0.1) is 5.44 Å². The van der Waals surface area contributed by atoms with Crippen molar-refractivity contribution in [1.29, 1.82) is 0 Å². The molecule has 0 aromatic heterocycles. The van der Waals surface area contributed by atoms with Gasteiger partial charge in [0.25, 0.3) is 11.8 Å². The first-order valence-electron chi connectivity index (χ1n) is 11.4. The number of fused-ring (bicyclic) bond motifs is 1. The molecule has 2 heterocycles. The molecule has 14 heteroatoms. The van der Waals surface area contributed by atoms with E-state index in [0.717, 1.165) is 16.9 Å². The van der Waals surface area contributed by atoms with Crippen LogP contribution in [0.2, 0.25) is 10.2 Å². The van der Waals surface area contributed by atoms with Gasteiger partial charge in [-0.15, -0.1) is 0 Å². The van der Waals surface area contributed by atoms with Gasteiger partial charge >= 0.3 is 5.92 Å². The molecule has 36 heavy (non-hydrogen) atoms. The first kappa shape index (κ1) is 26.0. The molecule has 0 unspecified atom stereocenters. The predicted molar refractivity (Wildman–Crippen MR) is 140 cm³/mol. The third-order valence-electron chi connectivity index (χ3n) is 7.37. The fraction of sp³-hybridized carbons (Fsp3) is 0.273. The Bertz CT molecular complexity index is 1290. The highest BCUT2D eigenvalue weighted by Gasteiger charge is 2.57. The van der Waals surface area contributed by atoms with Gasteiger partial charge in [-0.1, -0.05) is 41.1 Å². The first-order valence-corrected chi connectivity index (χ1v) is 11.7. The number of imide groups is 1. The summed E-state index contributed by atoms with van der Waals surface area (Å²) < 4.78 is 29.6. The normalized spacial score (nSPS) is 21.2. The van der Waals surface area contributed by atoms with E-state index in [1.165, 1.54) is 25.0 Å². The standard InChI is InChI=1S/C22H22B4ClF2N3O4/c23-20(24)8-16(33)30-18(35)22(20,25)31-10-12-7-11(1-6-15(12)17(31)34)9-32(26)19(36)21(28,29)13-2-4-14(27)5-3-13/h1-7H,8-10,23-26H2,(H,30,33,35)/t22-/m1/s1. The van der Waals surface area contributed by atoms with Crippen LogP contribution in [0.15, 0.2) is 42.5 Å². The monoisotopic (exact) mass is 509 g/mol. The Morgan fingerprint density at radius 2 is 1.75 bits per heavy atom. The second kappa shape index (κ2) is 8.80. The Balaban J connectivity index is 1.55. The van der Waals surface area contributed by atoms with Crippen molar-refractivity contribution in [3.8, 4) is 0 Å².